The Morgan fingerprint density at radius 2 is 1.95 bits per heavy atom. The summed E-state index contributed by atoms with van der Waals surface area (Å²) in [5, 5.41) is 10.5. The molecule has 0 saturated carbocycles. The fourth-order valence-corrected chi connectivity index (χ4v) is 2.29. The van der Waals surface area contributed by atoms with E-state index in [2.05, 4.69) is 17.2 Å². The van der Waals surface area contributed by atoms with Crippen molar-refractivity contribution in [3.63, 3.8) is 0 Å². The summed E-state index contributed by atoms with van der Waals surface area (Å²) in [6.07, 6.45) is 2.16. The molecular weight excluding hydrogens is 274 g/mol. The molecule has 4 nitrogen and oxygen atoms in total. The van der Waals surface area contributed by atoms with E-state index in [1.54, 1.807) is 0 Å². The summed E-state index contributed by atoms with van der Waals surface area (Å²) in [6.45, 7) is 7.88. The highest BCUT2D eigenvalue weighted by Gasteiger charge is 2.09. The second-order valence-electron chi connectivity index (χ2n) is 4.73. The van der Waals surface area contributed by atoms with Crippen molar-refractivity contribution < 1.29 is 0 Å². The van der Waals surface area contributed by atoms with Gasteiger partial charge in [0.15, 0.2) is 0 Å². The van der Waals surface area contributed by atoms with E-state index in [1.807, 2.05) is 52.1 Å². The number of H-pyrrole nitrogens is 1. The fraction of sp³-hybridized carbons (Fsp3) is 0.333. The zero-order chi connectivity index (χ0) is 16.7. The number of pyridine rings is 1. The van der Waals surface area contributed by atoms with Crippen LogP contribution in [0, 0.1) is 12.3 Å². The Balaban J connectivity index is 0.00000116. The molecule has 0 bridgehead atoms. The highest BCUT2D eigenvalue weighted by molar-refractivity contribution is 5.88. The predicted octanol–water partition coefficient (Wildman–Crippen LogP) is 3.98. The number of hydrogen-bond acceptors (Lipinski definition) is 3. The van der Waals surface area contributed by atoms with Gasteiger partial charge in [0.25, 0.3) is 5.56 Å². The van der Waals surface area contributed by atoms with Crippen LogP contribution in [0.2, 0.25) is 0 Å². The van der Waals surface area contributed by atoms with Gasteiger partial charge in [0.05, 0.1) is 5.69 Å². The molecule has 0 aliphatic carbocycles. The van der Waals surface area contributed by atoms with Crippen LogP contribution in [0.25, 0.3) is 11.3 Å². The van der Waals surface area contributed by atoms with E-state index in [0.717, 1.165) is 40.1 Å². The smallest absolute Gasteiger partial charge is 0.251 e. The van der Waals surface area contributed by atoms with Crippen molar-refractivity contribution in [2.45, 2.75) is 34.1 Å². The van der Waals surface area contributed by atoms with Crippen molar-refractivity contribution in [3.05, 3.63) is 51.3 Å². The van der Waals surface area contributed by atoms with Crippen LogP contribution in [0.15, 0.2) is 29.1 Å². The Labute approximate surface area is 132 Å². The number of aromatic amines is 1. The van der Waals surface area contributed by atoms with E-state index in [0.29, 0.717) is 0 Å². The molecule has 0 atom stereocenters. The van der Waals surface area contributed by atoms with Gasteiger partial charge in [-0.05, 0) is 42.7 Å². The number of aryl methyl sites for hydroxylation is 2. The molecule has 0 radical (unpaired) electrons. The van der Waals surface area contributed by atoms with Crippen LogP contribution < -0.4 is 10.9 Å². The third-order valence-electron chi connectivity index (χ3n) is 3.45. The maximum absolute atomic E-state index is 11.8. The molecule has 22 heavy (non-hydrogen) atoms. The molecular formula is C18H25N3O. The number of anilines is 1. The van der Waals surface area contributed by atoms with Crippen molar-refractivity contribution in [1.29, 1.82) is 5.41 Å². The van der Waals surface area contributed by atoms with Crippen molar-refractivity contribution in [2.75, 3.05) is 12.4 Å². The maximum Gasteiger partial charge on any atom is 0.251 e. The van der Waals surface area contributed by atoms with Gasteiger partial charge >= 0.3 is 0 Å². The normalized spacial score (nSPS) is 9.68. The van der Waals surface area contributed by atoms with Gasteiger partial charge in [-0.15, -0.1) is 0 Å². The Morgan fingerprint density at radius 1 is 1.27 bits per heavy atom. The molecule has 3 N–H and O–H groups in total. The zero-order valence-corrected chi connectivity index (χ0v) is 14.0. The lowest BCUT2D eigenvalue weighted by Gasteiger charge is -2.12. The molecule has 0 spiro atoms. The average molecular weight is 299 g/mol. The molecule has 2 rings (SSSR count). The standard InChI is InChI=1S/C16H19N3O.C2H6/c1-4-11-7-10(2)16(20)19-15(11)12-5-6-14(18-3)13(8-12)9-17;1-2/h5-9,17-18H,4H2,1-3H3,(H,19,20);1-2H3. The summed E-state index contributed by atoms with van der Waals surface area (Å²) in [7, 11) is 1.83. The van der Waals surface area contributed by atoms with E-state index in [9.17, 15) is 4.79 Å². The monoisotopic (exact) mass is 299 g/mol. The van der Waals surface area contributed by atoms with Crippen LogP contribution in [-0.2, 0) is 6.42 Å². The molecule has 1 aromatic carbocycles. The van der Waals surface area contributed by atoms with Crippen LogP contribution in [0.1, 0.15) is 37.5 Å². The first-order valence-electron chi connectivity index (χ1n) is 7.66. The molecule has 0 amide bonds. The summed E-state index contributed by atoms with van der Waals surface area (Å²) in [5.74, 6) is 0. The lowest BCUT2D eigenvalue weighted by molar-refractivity contribution is 1.07. The van der Waals surface area contributed by atoms with Crippen LogP contribution >= 0.6 is 0 Å². The van der Waals surface area contributed by atoms with E-state index >= 15 is 0 Å². The SMILES string of the molecule is CC.CCc1cc(C)c(=O)[nH]c1-c1ccc(NC)c(C=N)c1. The van der Waals surface area contributed by atoms with Gasteiger partial charge in [-0.3, -0.25) is 4.79 Å². The molecule has 0 unspecified atom stereocenters. The molecule has 1 aromatic heterocycles. The predicted molar refractivity (Wildman–Crippen MR) is 95.4 cm³/mol. The molecule has 2 aromatic rings. The van der Waals surface area contributed by atoms with Crippen LogP contribution in [0.3, 0.4) is 0 Å². The Morgan fingerprint density at radius 3 is 2.50 bits per heavy atom. The van der Waals surface area contributed by atoms with Crippen molar-refractivity contribution >= 4 is 11.9 Å². The number of rotatable bonds is 4. The molecule has 0 aliphatic rings. The van der Waals surface area contributed by atoms with Gasteiger partial charge in [-0.1, -0.05) is 26.8 Å². The molecule has 4 heteroatoms. The lowest BCUT2D eigenvalue weighted by Crippen LogP contribution is -2.12. The van der Waals surface area contributed by atoms with Crippen LogP contribution in [-0.4, -0.2) is 18.2 Å². The highest BCUT2D eigenvalue weighted by atomic mass is 16.1. The van der Waals surface area contributed by atoms with Crippen LogP contribution in [0.4, 0.5) is 5.69 Å². The van der Waals surface area contributed by atoms with Crippen molar-refractivity contribution in [3.8, 4) is 11.3 Å². The molecule has 0 fully saturated rings. The van der Waals surface area contributed by atoms with Crippen molar-refractivity contribution in [2.24, 2.45) is 0 Å². The fourth-order valence-electron chi connectivity index (χ4n) is 2.29. The second kappa shape index (κ2) is 8.17. The molecule has 118 valence electrons. The van der Waals surface area contributed by atoms with Gasteiger partial charge in [0, 0.05) is 30.1 Å². The Kier molecular flexibility index (Phi) is 6.57. The van der Waals surface area contributed by atoms with Gasteiger partial charge in [-0.25, -0.2) is 0 Å². The first kappa shape index (κ1) is 17.7. The van der Waals surface area contributed by atoms with E-state index in [-0.39, 0.29) is 5.56 Å². The summed E-state index contributed by atoms with van der Waals surface area (Å²) in [5.41, 5.74) is 5.24. The topological polar surface area (TPSA) is 68.7 Å². The van der Waals surface area contributed by atoms with Crippen molar-refractivity contribution in [1.82, 2.24) is 4.98 Å². The number of hydrogen-bond donors (Lipinski definition) is 3. The Hall–Kier alpha value is -2.36. The maximum atomic E-state index is 11.8. The first-order valence-corrected chi connectivity index (χ1v) is 7.66. The summed E-state index contributed by atoms with van der Waals surface area (Å²) in [6, 6.07) is 7.73. The number of benzene rings is 1. The quantitative estimate of drug-likeness (QED) is 0.747. The molecule has 0 saturated heterocycles. The molecule has 0 aliphatic heterocycles. The zero-order valence-electron chi connectivity index (χ0n) is 14.0. The van der Waals surface area contributed by atoms with Crippen LogP contribution in [0.5, 0.6) is 0 Å². The van der Waals surface area contributed by atoms with Gasteiger partial charge in [0.1, 0.15) is 0 Å². The minimum absolute atomic E-state index is 0.0636. The van der Waals surface area contributed by atoms with Gasteiger partial charge in [0.2, 0.25) is 0 Å². The minimum atomic E-state index is -0.0636. The lowest BCUT2D eigenvalue weighted by atomic mass is 10.00. The highest BCUT2D eigenvalue weighted by Crippen LogP contribution is 2.25. The average Bonchev–Trinajstić information content (AvgIpc) is 2.58. The number of aromatic nitrogens is 1. The minimum Gasteiger partial charge on any atom is -0.388 e. The third kappa shape index (κ3) is 3.64. The van der Waals surface area contributed by atoms with E-state index in [4.69, 9.17) is 5.41 Å². The largest absolute Gasteiger partial charge is 0.388 e. The van der Waals surface area contributed by atoms with Gasteiger partial charge < -0.3 is 15.7 Å². The number of nitrogens with one attached hydrogen (secondary N) is 3. The summed E-state index contributed by atoms with van der Waals surface area (Å²) < 4.78 is 0. The Bertz CT molecular complexity index is 702. The van der Waals surface area contributed by atoms with E-state index in [1.165, 1.54) is 6.21 Å². The van der Waals surface area contributed by atoms with Gasteiger partial charge in [-0.2, -0.15) is 0 Å². The van der Waals surface area contributed by atoms with E-state index < -0.39 is 0 Å². The first-order chi connectivity index (χ1) is 10.6. The second-order valence-corrected chi connectivity index (χ2v) is 4.73. The summed E-state index contributed by atoms with van der Waals surface area (Å²) >= 11 is 0. The summed E-state index contributed by atoms with van der Waals surface area (Å²) in [4.78, 5) is 14.8. The molecule has 1 heterocycles. The third-order valence-corrected chi connectivity index (χ3v) is 3.45.